The zero-order valence-corrected chi connectivity index (χ0v) is 24.7. The van der Waals surface area contributed by atoms with Crippen LogP contribution in [0, 0.1) is 5.92 Å². The van der Waals surface area contributed by atoms with Crippen molar-refractivity contribution in [2.24, 2.45) is 5.92 Å². The Kier molecular flexibility index (Phi) is 9.23. The first-order valence-corrected chi connectivity index (χ1v) is 15.8. The number of pyridine rings is 1. The summed E-state index contributed by atoms with van der Waals surface area (Å²) in [5.74, 6) is -0.538. The number of piperidine rings is 1. The molecule has 0 amide bonds. The van der Waals surface area contributed by atoms with Gasteiger partial charge in [0.1, 0.15) is 6.42 Å². The SMILES string of the molecule is CCOC(=O)CC(=O)C1CN(S(=O)(=O)c2ccc3cc(Cl)ccc3c2)CCN1CC1CCN(c2ccncc2)CC1. The van der Waals surface area contributed by atoms with E-state index >= 15 is 0 Å². The lowest BCUT2D eigenvalue weighted by Crippen LogP contribution is -2.59. The maximum atomic E-state index is 13.7. The minimum absolute atomic E-state index is 0.00487. The number of aromatic nitrogens is 1. The van der Waals surface area contributed by atoms with Crippen LogP contribution in [0.3, 0.4) is 0 Å². The molecule has 5 rings (SSSR count). The second kappa shape index (κ2) is 12.9. The van der Waals surface area contributed by atoms with Crippen LogP contribution in [0.2, 0.25) is 5.02 Å². The monoisotopic (exact) mass is 598 g/mol. The second-order valence-electron chi connectivity index (χ2n) is 10.6. The number of sulfonamides is 1. The molecule has 218 valence electrons. The smallest absolute Gasteiger partial charge is 0.313 e. The average Bonchev–Trinajstić information content (AvgIpc) is 2.98. The van der Waals surface area contributed by atoms with Crippen LogP contribution >= 0.6 is 11.6 Å². The molecule has 2 aliphatic rings. The van der Waals surface area contributed by atoms with Crippen molar-refractivity contribution in [2.45, 2.75) is 37.1 Å². The summed E-state index contributed by atoms with van der Waals surface area (Å²) in [5.41, 5.74) is 1.15. The number of fused-ring (bicyclic) bond motifs is 1. The molecule has 9 nitrogen and oxygen atoms in total. The third-order valence-corrected chi connectivity index (χ3v) is 10.1. The van der Waals surface area contributed by atoms with E-state index in [1.54, 1.807) is 55.7 Å². The third-order valence-electron chi connectivity index (χ3n) is 8.00. The number of rotatable bonds is 9. The molecule has 11 heteroatoms. The van der Waals surface area contributed by atoms with Crippen molar-refractivity contribution in [1.82, 2.24) is 14.2 Å². The molecule has 3 heterocycles. The van der Waals surface area contributed by atoms with E-state index in [0.29, 0.717) is 24.0 Å². The van der Waals surface area contributed by atoms with Crippen LogP contribution in [0.4, 0.5) is 5.69 Å². The van der Waals surface area contributed by atoms with Crippen LogP contribution < -0.4 is 4.90 Å². The largest absolute Gasteiger partial charge is 0.466 e. The summed E-state index contributed by atoms with van der Waals surface area (Å²) in [6, 6.07) is 13.6. The Balaban J connectivity index is 1.31. The van der Waals surface area contributed by atoms with Gasteiger partial charge >= 0.3 is 5.97 Å². The zero-order valence-electron chi connectivity index (χ0n) is 23.1. The number of piperazine rings is 1. The number of nitrogens with zero attached hydrogens (tertiary/aromatic N) is 4. The number of ether oxygens (including phenoxy) is 1. The molecule has 1 aromatic heterocycles. The van der Waals surface area contributed by atoms with Crippen molar-refractivity contribution < 1.29 is 22.7 Å². The molecular formula is C30H35ClN4O5S. The fraction of sp³-hybridized carbons (Fsp3) is 0.433. The van der Waals surface area contributed by atoms with Crippen LogP contribution in [-0.2, 0) is 24.3 Å². The fourth-order valence-corrected chi connectivity index (χ4v) is 7.43. The summed E-state index contributed by atoms with van der Waals surface area (Å²) in [6.45, 7) is 5.02. The molecule has 0 saturated carbocycles. The van der Waals surface area contributed by atoms with Gasteiger partial charge in [-0.25, -0.2) is 8.42 Å². The van der Waals surface area contributed by atoms with Crippen molar-refractivity contribution >= 4 is 49.8 Å². The molecule has 0 radical (unpaired) electrons. The van der Waals surface area contributed by atoms with E-state index in [-0.39, 0.29) is 36.8 Å². The molecule has 2 fully saturated rings. The highest BCUT2D eigenvalue weighted by atomic mass is 35.5. The van der Waals surface area contributed by atoms with Crippen molar-refractivity contribution in [2.75, 3.05) is 50.8 Å². The maximum Gasteiger partial charge on any atom is 0.313 e. The summed E-state index contributed by atoms with van der Waals surface area (Å²) in [6.07, 6.45) is 5.13. The Morgan fingerprint density at radius 2 is 1.68 bits per heavy atom. The van der Waals surface area contributed by atoms with Gasteiger partial charge in [-0.3, -0.25) is 19.5 Å². The number of anilines is 1. The second-order valence-corrected chi connectivity index (χ2v) is 13.0. The van der Waals surface area contributed by atoms with Crippen LogP contribution in [-0.4, -0.2) is 86.3 Å². The van der Waals surface area contributed by atoms with Gasteiger partial charge in [0, 0.05) is 62.4 Å². The van der Waals surface area contributed by atoms with Gasteiger partial charge in [0.15, 0.2) is 5.78 Å². The number of carbonyl (C=O) groups excluding carboxylic acids is 2. The van der Waals surface area contributed by atoms with Gasteiger partial charge in [-0.2, -0.15) is 4.31 Å². The molecule has 3 aromatic rings. The number of Topliss-reactive ketones (excluding diaryl/α,β-unsaturated/α-hetero) is 1. The lowest BCUT2D eigenvalue weighted by Gasteiger charge is -2.43. The van der Waals surface area contributed by atoms with E-state index in [9.17, 15) is 18.0 Å². The van der Waals surface area contributed by atoms with E-state index in [1.807, 2.05) is 12.1 Å². The van der Waals surface area contributed by atoms with Crippen LogP contribution in [0.1, 0.15) is 26.2 Å². The van der Waals surface area contributed by atoms with Crippen LogP contribution in [0.5, 0.6) is 0 Å². The summed E-state index contributed by atoms with van der Waals surface area (Å²) in [7, 11) is -3.87. The Morgan fingerprint density at radius 3 is 2.41 bits per heavy atom. The van der Waals surface area contributed by atoms with E-state index in [4.69, 9.17) is 16.3 Å². The molecule has 0 N–H and O–H groups in total. The van der Waals surface area contributed by atoms with Gasteiger partial charge in [-0.05, 0) is 72.9 Å². The first-order valence-electron chi connectivity index (χ1n) is 14.0. The summed E-state index contributed by atoms with van der Waals surface area (Å²) >= 11 is 6.09. The fourth-order valence-electron chi connectivity index (χ4n) is 5.77. The first kappa shape index (κ1) is 29.4. The minimum Gasteiger partial charge on any atom is -0.466 e. The highest BCUT2D eigenvalue weighted by Gasteiger charge is 2.39. The predicted octanol–water partition coefficient (Wildman–Crippen LogP) is 4.00. The van der Waals surface area contributed by atoms with Crippen molar-refractivity contribution in [3.05, 3.63) is 65.9 Å². The normalized spacial score (nSPS) is 19.4. The number of hydrogen-bond acceptors (Lipinski definition) is 8. The molecule has 0 aliphatic carbocycles. The highest BCUT2D eigenvalue weighted by molar-refractivity contribution is 7.89. The Morgan fingerprint density at radius 1 is 0.976 bits per heavy atom. The Bertz CT molecular complexity index is 1500. The van der Waals surface area contributed by atoms with E-state index in [0.717, 1.165) is 42.4 Å². The van der Waals surface area contributed by atoms with Gasteiger partial charge in [0.05, 0.1) is 17.5 Å². The molecule has 41 heavy (non-hydrogen) atoms. The molecule has 0 bridgehead atoms. The Hall–Kier alpha value is -3.05. The molecule has 1 unspecified atom stereocenters. The maximum absolute atomic E-state index is 13.7. The molecule has 0 spiro atoms. The topological polar surface area (TPSA) is 100 Å². The van der Waals surface area contributed by atoms with E-state index in [1.165, 1.54) is 4.31 Å². The Labute approximate surface area is 246 Å². The summed E-state index contributed by atoms with van der Waals surface area (Å²) < 4.78 is 33.9. The van der Waals surface area contributed by atoms with Crippen molar-refractivity contribution in [1.29, 1.82) is 0 Å². The van der Waals surface area contributed by atoms with Gasteiger partial charge in [0.25, 0.3) is 0 Å². The number of halogens is 1. The number of ketones is 1. The van der Waals surface area contributed by atoms with Gasteiger partial charge in [-0.15, -0.1) is 0 Å². The van der Waals surface area contributed by atoms with Gasteiger partial charge in [-0.1, -0.05) is 23.7 Å². The molecule has 1 atom stereocenters. The van der Waals surface area contributed by atoms with E-state index < -0.39 is 22.0 Å². The average molecular weight is 599 g/mol. The van der Waals surface area contributed by atoms with Crippen LogP contribution in [0.25, 0.3) is 10.8 Å². The molecule has 2 saturated heterocycles. The van der Waals surface area contributed by atoms with Crippen molar-refractivity contribution in [3.8, 4) is 0 Å². The lowest BCUT2D eigenvalue weighted by molar-refractivity contribution is -0.147. The van der Waals surface area contributed by atoms with Gasteiger partial charge < -0.3 is 9.64 Å². The number of esters is 1. The quantitative estimate of drug-likeness (QED) is 0.269. The summed E-state index contributed by atoms with van der Waals surface area (Å²) in [4.78, 5) is 34.3. The number of hydrogen-bond donors (Lipinski definition) is 0. The molecule has 2 aliphatic heterocycles. The zero-order chi connectivity index (χ0) is 29.0. The lowest BCUT2D eigenvalue weighted by atomic mass is 9.94. The summed E-state index contributed by atoms with van der Waals surface area (Å²) in [5, 5.41) is 2.19. The van der Waals surface area contributed by atoms with Crippen molar-refractivity contribution in [3.63, 3.8) is 0 Å². The number of benzene rings is 2. The molecule has 2 aromatic carbocycles. The van der Waals surface area contributed by atoms with Gasteiger partial charge in [0.2, 0.25) is 10.0 Å². The van der Waals surface area contributed by atoms with Crippen LogP contribution in [0.15, 0.2) is 65.8 Å². The number of carbonyl (C=O) groups is 2. The standard InChI is InChI=1S/C30H35ClN4O5S/c1-2-40-30(37)19-29(36)28-21-35(41(38,39)27-6-4-23-17-25(31)5-3-24(23)18-27)16-15-34(28)20-22-9-13-33(14-10-22)26-7-11-32-12-8-26/h3-8,11-12,17-18,22,28H,2,9-10,13-16,19-21H2,1H3. The molecular weight excluding hydrogens is 564 g/mol. The first-order chi connectivity index (χ1) is 19.7. The highest BCUT2D eigenvalue weighted by Crippen LogP contribution is 2.28. The third kappa shape index (κ3) is 6.89. The predicted molar refractivity (Wildman–Crippen MR) is 159 cm³/mol. The van der Waals surface area contributed by atoms with E-state index in [2.05, 4.69) is 14.8 Å². The minimum atomic E-state index is -3.87.